The normalized spacial score (nSPS) is 10.6. The molecule has 3 rings (SSSR count). The van der Waals surface area contributed by atoms with Gasteiger partial charge < -0.3 is 5.32 Å². The first-order chi connectivity index (χ1) is 12.0. The number of aryl methyl sites for hydroxylation is 2. The van der Waals surface area contributed by atoms with E-state index in [2.05, 4.69) is 15.3 Å². The molecule has 7 heteroatoms. The van der Waals surface area contributed by atoms with E-state index >= 15 is 0 Å². The van der Waals surface area contributed by atoms with Crippen LogP contribution in [0.2, 0.25) is 0 Å². The molecule has 1 amide bonds. The van der Waals surface area contributed by atoms with Crippen LogP contribution < -0.4 is 5.32 Å². The average Bonchev–Trinajstić information content (AvgIpc) is 3.23. The molecule has 3 aromatic rings. The number of aromatic nitrogens is 3. The molecule has 0 saturated heterocycles. The van der Waals surface area contributed by atoms with Gasteiger partial charge in [-0.05, 0) is 32.0 Å². The molecule has 0 unspecified atom stereocenters. The Morgan fingerprint density at radius 3 is 2.68 bits per heavy atom. The smallest absolute Gasteiger partial charge is 0.224 e. The molecule has 3 aromatic heterocycles. The number of carbonyl (C=O) groups excluding carboxylic acids is 2. The van der Waals surface area contributed by atoms with E-state index in [1.54, 1.807) is 53.0 Å². The number of nitrogens with one attached hydrogen (secondary N) is 1. The fourth-order valence-corrected chi connectivity index (χ4v) is 3.44. The first-order valence-electron chi connectivity index (χ1n) is 7.87. The van der Waals surface area contributed by atoms with Gasteiger partial charge in [0, 0.05) is 40.6 Å². The van der Waals surface area contributed by atoms with Crippen LogP contribution >= 0.6 is 11.3 Å². The highest BCUT2D eigenvalue weighted by Gasteiger charge is 2.14. The summed E-state index contributed by atoms with van der Waals surface area (Å²) in [5, 5.41) is 2.77. The highest BCUT2D eigenvalue weighted by atomic mass is 32.1. The van der Waals surface area contributed by atoms with Gasteiger partial charge in [-0.1, -0.05) is 0 Å². The summed E-state index contributed by atoms with van der Waals surface area (Å²) >= 11 is 1.60. The van der Waals surface area contributed by atoms with Crippen LogP contribution in [-0.4, -0.2) is 26.2 Å². The van der Waals surface area contributed by atoms with Crippen molar-refractivity contribution in [3.05, 3.63) is 58.4 Å². The number of amides is 1. The quantitative estimate of drug-likeness (QED) is 0.687. The Balaban J connectivity index is 1.54. The largest absolute Gasteiger partial charge is 0.325 e. The second kappa shape index (κ2) is 7.40. The predicted octanol–water partition coefficient (Wildman–Crippen LogP) is 3.55. The number of imidazole rings is 1. The summed E-state index contributed by atoms with van der Waals surface area (Å²) in [5.74, 6) is 0.523. The van der Waals surface area contributed by atoms with Crippen molar-refractivity contribution >= 4 is 28.7 Å². The van der Waals surface area contributed by atoms with E-state index < -0.39 is 0 Å². The Morgan fingerprint density at radius 2 is 2.08 bits per heavy atom. The third-order valence-electron chi connectivity index (χ3n) is 3.72. The molecule has 0 aliphatic carbocycles. The molecule has 0 radical (unpaired) electrons. The summed E-state index contributed by atoms with van der Waals surface area (Å²) in [4.78, 5) is 34.6. The summed E-state index contributed by atoms with van der Waals surface area (Å²) in [7, 11) is 0. The molecular weight excluding hydrogens is 336 g/mol. The molecular formula is C18H18N4O2S. The molecule has 25 heavy (non-hydrogen) atoms. The Morgan fingerprint density at radius 1 is 1.24 bits per heavy atom. The fraction of sp³-hybridized carbons (Fsp3) is 0.222. The molecule has 0 saturated carbocycles. The highest BCUT2D eigenvalue weighted by molar-refractivity contribution is 7.12. The lowest BCUT2D eigenvalue weighted by atomic mass is 10.1. The minimum absolute atomic E-state index is 0.00517. The first-order valence-corrected chi connectivity index (χ1v) is 8.69. The van der Waals surface area contributed by atoms with Crippen LogP contribution in [0.4, 0.5) is 5.69 Å². The summed E-state index contributed by atoms with van der Waals surface area (Å²) in [6, 6.07) is 5.45. The zero-order valence-corrected chi connectivity index (χ0v) is 14.8. The third kappa shape index (κ3) is 4.19. The summed E-state index contributed by atoms with van der Waals surface area (Å²) in [5.41, 5.74) is 1.32. The number of anilines is 1. The van der Waals surface area contributed by atoms with Gasteiger partial charge in [0.2, 0.25) is 5.91 Å². The van der Waals surface area contributed by atoms with Crippen LogP contribution in [0.3, 0.4) is 0 Å². The molecule has 6 nitrogen and oxygen atoms in total. The number of Topliss-reactive ketones (excluding diaryl/α,β-unsaturated/α-hetero) is 1. The highest BCUT2D eigenvalue weighted by Crippen LogP contribution is 2.22. The van der Waals surface area contributed by atoms with Gasteiger partial charge in [-0.3, -0.25) is 14.2 Å². The second-order valence-corrected chi connectivity index (χ2v) is 7.13. The molecule has 0 fully saturated rings. The number of pyridine rings is 1. The average molecular weight is 354 g/mol. The summed E-state index contributed by atoms with van der Waals surface area (Å²) in [6.07, 6.45) is 7.05. The molecule has 0 aliphatic rings. The van der Waals surface area contributed by atoms with E-state index in [0.29, 0.717) is 11.5 Å². The van der Waals surface area contributed by atoms with Crippen molar-refractivity contribution in [2.45, 2.75) is 26.7 Å². The van der Waals surface area contributed by atoms with Crippen LogP contribution in [0.1, 0.15) is 33.0 Å². The van der Waals surface area contributed by atoms with Crippen molar-refractivity contribution in [2.24, 2.45) is 0 Å². The van der Waals surface area contributed by atoms with Gasteiger partial charge >= 0.3 is 0 Å². The lowest BCUT2D eigenvalue weighted by molar-refractivity contribution is -0.116. The van der Waals surface area contributed by atoms with Crippen molar-refractivity contribution in [3.63, 3.8) is 0 Å². The first kappa shape index (κ1) is 17.0. The molecule has 0 bridgehead atoms. The Hall–Kier alpha value is -2.80. The number of thiophene rings is 1. The maximum absolute atomic E-state index is 12.2. The van der Waals surface area contributed by atoms with E-state index in [9.17, 15) is 9.59 Å². The van der Waals surface area contributed by atoms with Crippen LogP contribution in [0.25, 0.3) is 5.82 Å². The van der Waals surface area contributed by atoms with Crippen molar-refractivity contribution in [3.8, 4) is 5.82 Å². The monoisotopic (exact) mass is 354 g/mol. The van der Waals surface area contributed by atoms with Crippen molar-refractivity contribution in [1.29, 1.82) is 0 Å². The Bertz CT molecular complexity index is 882. The SMILES string of the molecule is Cc1cc(C(=O)CCC(=O)Nc2ccc(-n3ccnc3)nc2)c(C)s1. The standard InChI is InChI=1S/C18H18N4O2S/c1-12-9-15(13(2)25-12)16(23)4-6-18(24)21-14-3-5-17(20-10-14)22-8-7-19-11-22/h3,5,7-11H,4,6H2,1-2H3,(H,21,24). The number of carbonyl (C=O) groups is 2. The van der Waals surface area contributed by atoms with Gasteiger partial charge in [-0.15, -0.1) is 11.3 Å². The van der Waals surface area contributed by atoms with Gasteiger partial charge in [0.15, 0.2) is 5.78 Å². The Labute approximate surface area is 149 Å². The van der Waals surface area contributed by atoms with Gasteiger partial charge in [0.1, 0.15) is 12.1 Å². The van der Waals surface area contributed by atoms with Crippen LogP contribution in [0.15, 0.2) is 43.1 Å². The minimum Gasteiger partial charge on any atom is -0.325 e. The maximum atomic E-state index is 12.2. The number of ketones is 1. The summed E-state index contributed by atoms with van der Waals surface area (Å²) in [6.45, 7) is 3.90. The van der Waals surface area contributed by atoms with Crippen molar-refractivity contribution < 1.29 is 9.59 Å². The minimum atomic E-state index is -0.199. The van der Waals surface area contributed by atoms with Gasteiger partial charge in [-0.25, -0.2) is 9.97 Å². The zero-order valence-electron chi connectivity index (χ0n) is 14.0. The number of hydrogen-bond acceptors (Lipinski definition) is 5. The zero-order chi connectivity index (χ0) is 17.8. The van der Waals surface area contributed by atoms with Gasteiger partial charge in [0.25, 0.3) is 0 Å². The van der Waals surface area contributed by atoms with Gasteiger partial charge in [0.05, 0.1) is 11.9 Å². The van der Waals surface area contributed by atoms with Crippen molar-refractivity contribution in [1.82, 2.24) is 14.5 Å². The van der Waals surface area contributed by atoms with E-state index in [1.807, 2.05) is 19.9 Å². The Kier molecular flexibility index (Phi) is 5.04. The lowest BCUT2D eigenvalue weighted by Gasteiger charge is -2.06. The fourth-order valence-electron chi connectivity index (χ4n) is 2.50. The number of nitrogens with zero attached hydrogens (tertiary/aromatic N) is 3. The number of hydrogen-bond donors (Lipinski definition) is 1. The molecule has 1 N–H and O–H groups in total. The molecule has 0 spiro atoms. The van der Waals surface area contributed by atoms with Gasteiger partial charge in [-0.2, -0.15) is 0 Å². The van der Waals surface area contributed by atoms with Crippen LogP contribution in [0.5, 0.6) is 0 Å². The second-order valence-electron chi connectivity index (χ2n) is 5.67. The van der Waals surface area contributed by atoms with E-state index in [0.717, 1.165) is 15.3 Å². The van der Waals surface area contributed by atoms with E-state index in [1.165, 1.54) is 0 Å². The lowest BCUT2D eigenvalue weighted by Crippen LogP contribution is -2.14. The summed E-state index contributed by atoms with van der Waals surface area (Å²) < 4.78 is 1.77. The topological polar surface area (TPSA) is 76.9 Å². The van der Waals surface area contributed by atoms with E-state index in [4.69, 9.17) is 0 Å². The van der Waals surface area contributed by atoms with Crippen LogP contribution in [0, 0.1) is 13.8 Å². The predicted molar refractivity (Wildman–Crippen MR) is 97.3 cm³/mol. The molecule has 0 atom stereocenters. The maximum Gasteiger partial charge on any atom is 0.224 e. The molecule has 3 heterocycles. The molecule has 128 valence electrons. The number of rotatable bonds is 6. The van der Waals surface area contributed by atoms with E-state index in [-0.39, 0.29) is 24.5 Å². The molecule has 0 aromatic carbocycles. The van der Waals surface area contributed by atoms with Crippen LogP contribution in [-0.2, 0) is 4.79 Å². The molecule has 0 aliphatic heterocycles. The third-order valence-corrected chi connectivity index (χ3v) is 4.69. The van der Waals surface area contributed by atoms with Crippen molar-refractivity contribution in [2.75, 3.05) is 5.32 Å².